The number of carboxylic acid groups (broad SMARTS) is 1. The Hall–Kier alpha value is -2.46. The Kier molecular flexibility index (Phi) is 3.31. The number of rotatable bonds is 3. The normalized spacial score (nSPS) is 11.7. The lowest BCUT2D eigenvalue weighted by Crippen LogP contribution is -1.98. The highest BCUT2D eigenvalue weighted by atomic mass is 32.1. The summed E-state index contributed by atoms with van der Waals surface area (Å²) in [4.78, 5) is 16.6. The summed E-state index contributed by atoms with van der Waals surface area (Å²) in [6.07, 6.45) is 1.61. The van der Waals surface area contributed by atoms with E-state index in [0.29, 0.717) is 5.69 Å². The lowest BCUT2D eigenvalue weighted by molar-refractivity contribution is -0.130. The van der Waals surface area contributed by atoms with Gasteiger partial charge in [-0.3, -0.25) is 0 Å². The quantitative estimate of drug-likeness (QED) is 0.740. The Morgan fingerprint density at radius 2 is 1.95 bits per heavy atom. The van der Waals surface area contributed by atoms with Gasteiger partial charge in [0.1, 0.15) is 0 Å². The van der Waals surface area contributed by atoms with Crippen molar-refractivity contribution in [1.82, 2.24) is 4.98 Å². The van der Waals surface area contributed by atoms with Crippen molar-refractivity contribution in [2.75, 3.05) is 0 Å². The van der Waals surface area contributed by atoms with Crippen LogP contribution in [0.2, 0.25) is 0 Å². The van der Waals surface area contributed by atoms with Gasteiger partial charge in [0.2, 0.25) is 0 Å². The van der Waals surface area contributed by atoms with Crippen LogP contribution < -0.4 is 0 Å². The number of para-hydroxylation sites is 1. The molecule has 20 heavy (non-hydrogen) atoms. The zero-order chi connectivity index (χ0) is 13.9. The van der Waals surface area contributed by atoms with Gasteiger partial charge in [-0.15, -0.1) is 11.3 Å². The van der Waals surface area contributed by atoms with E-state index in [1.54, 1.807) is 12.1 Å². The summed E-state index contributed by atoms with van der Waals surface area (Å²) < 4.78 is 0. The van der Waals surface area contributed by atoms with Crippen LogP contribution in [0.15, 0.2) is 53.9 Å². The zero-order valence-electron chi connectivity index (χ0n) is 10.5. The van der Waals surface area contributed by atoms with E-state index in [-0.39, 0.29) is 5.57 Å². The molecule has 3 rings (SSSR count). The number of hydrogen-bond donors (Lipinski definition) is 1. The van der Waals surface area contributed by atoms with Crippen LogP contribution in [-0.2, 0) is 4.79 Å². The van der Waals surface area contributed by atoms with Crippen LogP contribution in [0.3, 0.4) is 0 Å². The molecule has 3 nitrogen and oxygen atoms in total. The monoisotopic (exact) mass is 281 g/mol. The number of nitrogens with zero attached hydrogens (tertiary/aromatic N) is 1. The molecule has 0 saturated carbocycles. The summed E-state index contributed by atoms with van der Waals surface area (Å²) in [5.74, 6) is -0.942. The van der Waals surface area contributed by atoms with Crippen molar-refractivity contribution in [2.45, 2.75) is 0 Å². The van der Waals surface area contributed by atoms with Crippen LogP contribution in [0.5, 0.6) is 0 Å². The lowest BCUT2D eigenvalue weighted by atomic mass is 10.1. The van der Waals surface area contributed by atoms with Crippen molar-refractivity contribution >= 4 is 39.9 Å². The molecule has 0 fully saturated rings. The first-order valence-electron chi connectivity index (χ1n) is 6.09. The predicted molar refractivity (Wildman–Crippen MR) is 81.6 cm³/mol. The average molecular weight is 281 g/mol. The van der Waals surface area contributed by atoms with Crippen molar-refractivity contribution in [3.8, 4) is 0 Å². The third kappa shape index (κ3) is 2.46. The van der Waals surface area contributed by atoms with Crippen LogP contribution in [0, 0.1) is 0 Å². The Balaban J connectivity index is 2.09. The van der Waals surface area contributed by atoms with E-state index in [4.69, 9.17) is 0 Å². The molecule has 0 bridgehead atoms. The number of fused-ring (bicyclic) bond motifs is 1. The standard InChI is InChI=1S/C16H11NO2S/c18-16(19)13(15-6-3-9-20-15)10-12-8-7-11-4-1-2-5-14(11)17-12/h1-10H,(H,18,19). The van der Waals surface area contributed by atoms with Gasteiger partial charge >= 0.3 is 5.97 Å². The molecular weight excluding hydrogens is 270 g/mol. The molecule has 0 amide bonds. The van der Waals surface area contributed by atoms with Crippen molar-refractivity contribution in [3.63, 3.8) is 0 Å². The van der Waals surface area contributed by atoms with E-state index < -0.39 is 5.97 Å². The number of pyridine rings is 1. The van der Waals surface area contributed by atoms with Crippen molar-refractivity contribution in [1.29, 1.82) is 0 Å². The fourth-order valence-electron chi connectivity index (χ4n) is 1.98. The molecule has 1 aromatic carbocycles. The highest BCUT2D eigenvalue weighted by molar-refractivity contribution is 7.11. The van der Waals surface area contributed by atoms with Gasteiger partial charge in [0.15, 0.2) is 0 Å². The molecular formula is C16H11NO2S. The van der Waals surface area contributed by atoms with Crippen LogP contribution in [0.25, 0.3) is 22.6 Å². The Labute approximate surface area is 119 Å². The number of thiophene rings is 1. The molecule has 0 spiro atoms. The minimum Gasteiger partial charge on any atom is -0.478 e. The first kappa shape index (κ1) is 12.6. The summed E-state index contributed by atoms with van der Waals surface area (Å²) >= 11 is 1.41. The summed E-state index contributed by atoms with van der Waals surface area (Å²) in [7, 11) is 0. The minimum atomic E-state index is -0.942. The second kappa shape index (κ2) is 5.27. The first-order valence-corrected chi connectivity index (χ1v) is 6.97. The molecule has 0 aliphatic heterocycles. The molecule has 98 valence electrons. The summed E-state index contributed by atoms with van der Waals surface area (Å²) in [5, 5.41) is 12.2. The third-order valence-electron chi connectivity index (χ3n) is 2.93. The number of hydrogen-bond acceptors (Lipinski definition) is 3. The number of carboxylic acids is 1. The SMILES string of the molecule is O=C(O)C(=Cc1ccc2ccccc2n1)c1cccs1. The van der Waals surface area contributed by atoms with E-state index >= 15 is 0 Å². The number of aliphatic carboxylic acids is 1. The van der Waals surface area contributed by atoms with Crippen LogP contribution in [-0.4, -0.2) is 16.1 Å². The molecule has 0 aliphatic carbocycles. The van der Waals surface area contributed by atoms with Crippen LogP contribution in [0.1, 0.15) is 10.6 Å². The predicted octanol–water partition coefficient (Wildman–Crippen LogP) is 3.92. The van der Waals surface area contributed by atoms with E-state index in [0.717, 1.165) is 15.8 Å². The van der Waals surface area contributed by atoms with Gasteiger partial charge in [0.05, 0.1) is 16.8 Å². The molecule has 0 aliphatic rings. The Morgan fingerprint density at radius 1 is 1.10 bits per heavy atom. The molecule has 2 aromatic heterocycles. The van der Waals surface area contributed by atoms with Crippen LogP contribution in [0.4, 0.5) is 0 Å². The molecule has 2 heterocycles. The largest absolute Gasteiger partial charge is 0.478 e. The molecule has 0 atom stereocenters. The summed E-state index contributed by atoms with van der Waals surface area (Å²) in [5.41, 5.74) is 1.77. The molecule has 1 N–H and O–H groups in total. The van der Waals surface area contributed by atoms with Gasteiger partial charge in [-0.1, -0.05) is 30.3 Å². The van der Waals surface area contributed by atoms with Crippen molar-refractivity contribution < 1.29 is 9.90 Å². The first-order chi connectivity index (χ1) is 9.74. The lowest BCUT2D eigenvalue weighted by Gasteiger charge is -2.01. The molecule has 0 saturated heterocycles. The fourth-order valence-corrected chi connectivity index (χ4v) is 2.71. The van der Waals surface area contributed by atoms with Gasteiger partial charge in [0, 0.05) is 10.3 Å². The number of carbonyl (C=O) groups is 1. The maximum atomic E-state index is 11.4. The fraction of sp³-hybridized carbons (Fsp3) is 0. The Morgan fingerprint density at radius 3 is 2.70 bits per heavy atom. The van der Waals surface area contributed by atoms with Gasteiger partial charge in [-0.05, 0) is 29.7 Å². The zero-order valence-corrected chi connectivity index (χ0v) is 11.3. The Bertz CT molecular complexity index is 791. The molecule has 0 radical (unpaired) electrons. The van der Waals surface area contributed by atoms with Gasteiger partial charge in [-0.25, -0.2) is 9.78 Å². The second-order valence-corrected chi connectivity index (χ2v) is 5.22. The molecule has 3 aromatic rings. The van der Waals surface area contributed by atoms with Gasteiger partial charge < -0.3 is 5.11 Å². The summed E-state index contributed by atoms with van der Waals surface area (Å²) in [6.45, 7) is 0. The second-order valence-electron chi connectivity index (χ2n) is 4.27. The highest BCUT2D eigenvalue weighted by Gasteiger charge is 2.11. The average Bonchev–Trinajstić information content (AvgIpc) is 2.98. The number of benzene rings is 1. The van der Waals surface area contributed by atoms with Crippen LogP contribution >= 0.6 is 11.3 Å². The van der Waals surface area contributed by atoms with Crippen molar-refractivity contribution in [3.05, 3.63) is 64.5 Å². The van der Waals surface area contributed by atoms with E-state index in [1.165, 1.54) is 11.3 Å². The number of aromatic nitrogens is 1. The molecule has 4 heteroatoms. The van der Waals surface area contributed by atoms with E-state index in [2.05, 4.69) is 4.98 Å². The van der Waals surface area contributed by atoms with Gasteiger partial charge in [0.25, 0.3) is 0 Å². The van der Waals surface area contributed by atoms with E-state index in [1.807, 2.05) is 47.8 Å². The summed E-state index contributed by atoms with van der Waals surface area (Å²) in [6, 6.07) is 15.2. The van der Waals surface area contributed by atoms with E-state index in [9.17, 15) is 9.90 Å². The topological polar surface area (TPSA) is 50.2 Å². The van der Waals surface area contributed by atoms with Gasteiger partial charge in [-0.2, -0.15) is 0 Å². The smallest absolute Gasteiger partial charge is 0.337 e. The third-order valence-corrected chi connectivity index (χ3v) is 3.83. The minimum absolute atomic E-state index is 0.266. The maximum absolute atomic E-state index is 11.4. The highest BCUT2D eigenvalue weighted by Crippen LogP contribution is 2.23. The van der Waals surface area contributed by atoms with Crippen molar-refractivity contribution in [2.24, 2.45) is 0 Å². The maximum Gasteiger partial charge on any atom is 0.337 e. The molecule has 0 unspecified atom stereocenters.